The molecule has 0 aliphatic carbocycles. The Morgan fingerprint density at radius 3 is 2.71 bits per heavy atom. The number of benzene rings is 1. The molecule has 1 fully saturated rings. The van der Waals surface area contributed by atoms with Crippen LogP contribution in [0.3, 0.4) is 0 Å². The summed E-state index contributed by atoms with van der Waals surface area (Å²) in [5.74, 6) is 1.84. The van der Waals surface area contributed by atoms with Crippen molar-refractivity contribution < 1.29 is 14.3 Å². The lowest BCUT2D eigenvalue weighted by Crippen LogP contribution is -2.37. The van der Waals surface area contributed by atoms with Crippen LogP contribution in [0, 0.1) is 6.92 Å². The first-order valence-corrected chi connectivity index (χ1v) is 9.55. The molecule has 1 aromatic carbocycles. The number of hydrogen-bond donors (Lipinski definition) is 2. The number of rotatable bonds is 8. The highest BCUT2D eigenvalue weighted by Crippen LogP contribution is 2.16. The summed E-state index contributed by atoms with van der Waals surface area (Å²) in [6.07, 6.45) is 0. The Kier molecular flexibility index (Phi) is 7.27. The average molecular weight is 406 g/mol. The van der Waals surface area contributed by atoms with Crippen molar-refractivity contribution in [1.82, 2.24) is 15.3 Å². The Balaban J connectivity index is 1.40. The van der Waals surface area contributed by atoms with Crippen molar-refractivity contribution in [3.05, 3.63) is 41.0 Å². The first kappa shape index (κ1) is 20.2. The van der Waals surface area contributed by atoms with E-state index in [1.807, 2.05) is 13.0 Å². The maximum Gasteiger partial charge on any atom is 0.258 e. The number of hydrogen-bond acceptors (Lipinski definition) is 7. The third kappa shape index (κ3) is 6.24. The third-order valence-electron chi connectivity index (χ3n) is 4.09. The van der Waals surface area contributed by atoms with Gasteiger partial charge in [0.2, 0.25) is 5.95 Å². The van der Waals surface area contributed by atoms with Crippen molar-refractivity contribution in [3.63, 3.8) is 0 Å². The number of aromatic nitrogens is 2. The SMILES string of the molecule is Cc1cc(N2CCOCC2)nc(NCCNC(=O)COc2ccc(Cl)cc2)n1. The summed E-state index contributed by atoms with van der Waals surface area (Å²) < 4.78 is 10.8. The second-order valence-electron chi connectivity index (χ2n) is 6.31. The van der Waals surface area contributed by atoms with E-state index < -0.39 is 0 Å². The lowest BCUT2D eigenvalue weighted by molar-refractivity contribution is -0.123. The minimum absolute atomic E-state index is 0.0518. The lowest BCUT2D eigenvalue weighted by Gasteiger charge is -2.28. The number of amides is 1. The monoisotopic (exact) mass is 405 g/mol. The second-order valence-corrected chi connectivity index (χ2v) is 6.75. The average Bonchev–Trinajstić information content (AvgIpc) is 2.71. The molecule has 28 heavy (non-hydrogen) atoms. The van der Waals surface area contributed by atoms with Crippen molar-refractivity contribution in [2.24, 2.45) is 0 Å². The van der Waals surface area contributed by atoms with Crippen LogP contribution in [0.15, 0.2) is 30.3 Å². The van der Waals surface area contributed by atoms with Crippen LogP contribution in [0.1, 0.15) is 5.69 Å². The molecule has 1 saturated heterocycles. The van der Waals surface area contributed by atoms with Gasteiger partial charge in [-0.05, 0) is 31.2 Å². The molecule has 1 aromatic heterocycles. The van der Waals surface area contributed by atoms with Gasteiger partial charge in [0, 0.05) is 43.0 Å². The molecule has 150 valence electrons. The quantitative estimate of drug-likeness (QED) is 0.648. The van der Waals surface area contributed by atoms with Crippen LogP contribution >= 0.6 is 11.6 Å². The van der Waals surface area contributed by atoms with Crippen molar-refractivity contribution in [2.75, 3.05) is 56.2 Å². The molecule has 0 bridgehead atoms. The minimum atomic E-state index is -0.198. The van der Waals surface area contributed by atoms with E-state index in [0.717, 1.165) is 24.6 Å². The summed E-state index contributed by atoms with van der Waals surface area (Å²) in [5.41, 5.74) is 0.888. The number of carbonyl (C=O) groups is 1. The number of nitrogens with zero attached hydrogens (tertiary/aromatic N) is 3. The molecule has 2 N–H and O–H groups in total. The van der Waals surface area contributed by atoms with Crippen LogP contribution in [-0.4, -0.2) is 61.9 Å². The van der Waals surface area contributed by atoms with Gasteiger partial charge in [-0.25, -0.2) is 4.98 Å². The minimum Gasteiger partial charge on any atom is -0.484 e. The van der Waals surface area contributed by atoms with E-state index in [-0.39, 0.29) is 12.5 Å². The van der Waals surface area contributed by atoms with E-state index in [1.54, 1.807) is 24.3 Å². The first-order valence-electron chi connectivity index (χ1n) is 9.17. The van der Waals surface area contributed by atoms with Gasteiger partial charge in [0.15, 0.2) is 6.61 Å². The smallest absolute Gasteiger partial charge is 0.258 e. The summed E-state index contributed by atoms with van der Waals surface area (Å²) in [6, 6.07) is 8.83. The number of morpholine rings is 1. The molecule has 0 spiro atoms. The number of carbonyl (C=O) groups excluding carboxylic acids is 1. The summed E-state index contributed by atoms with van der Waals surface area (Å²) in [5, 5.41) is 6.57. The maximum absolute atomic E-state index is 11.9. The van der Waals surface area contributed by atoms with Gasteiger partial charge in [-0.15, -0.1) is 0 Å². The molecule has 3 rings (SSSR count). The molecule has 1 aliphatic rings. The Hall–Kier alpha value is -2.58. The fourth-order valence-corrected chi connectivity index (χ4v) is 2.82. The van der Waals surface area contributed by atoms with E-state index in [2.05, 4.69) is 25.5 Å². The Morgan fingerprint density at radius 2 is 1.96 bits per heavy atom. The fraction of sp³-hybridized carbons (Fsp3) is 0.421. The molecule has 1 amide bonds. The molecule has 2 heterocycles. The van der Waals surface area contributed by atoms with Gasteiger partial charge in [0.1, 0.15) is 11.6 Å². The van der Waals surface area contributed by atoms with Crippen molar-refractivity contribution >= 4 is 29.3 Å². The molecular formula is C19H24ClN5O3. The summed E-state index contributed by atoms with van der Waals surface area (Å²) in [4.78, 5) is 23.0. The summed E-state index contributed by atoms with van der Waals surface area (Å²) in [7, 11) is 0. The standard InChI is InChI=1S/C19H24ClN5O3/c1-14-12-17(25-8-10-27-11-9-25)24-19(23-14)22-7-6-21-18(26)13-28-16-4-2-15(20)3-5-16/h2-5,12H,6-11,13H2,1H3,(H,21,26)(H,22,23,24). The zero-order valence-electron chi connectivity index (χ0n) is 15.8. The van der Waals surface area contributed by atoms with Gasteiger partial charge in [-0.2, -0.15) is 4.98 Å². The first-order chi connectivity index (χ1) is 13.6. The van der Waals surface area contributed by atoms with Crippen molar-refractivity contribution in [3.8, 4) is 5.75 Å². The number of anilines is 2. The highest BCUT2D eigenvalue weighted by Gasteiger charge is 2.14. The molecule has 0 unspecified atom stereocenters. The van der Waals surface area contributed by atoms with Gasteiger partial charge in [-0.1, -0.05) is 11.6 Å². The van der Waals surface area contributed by atoms with Gasteiger partial charge in [0.05, 0.1) is 13.2 Å². The van der Waals surface area contributed by atoms with Crippen LogP contribution in [0.2, 0.25) is 5.02 Å². The van der Waals surface area contributed by atoms with E-state index in [1.165, 1.54) is 0 Å². The Morgan fingerprint density at radius 1 is 1.21 bits per heavy atom. The summed E-state index contributed by atoms with van der Waals surface area (Å²) in [6.45, 7) is 5.88. The van der Waals surface area contributed by atoms with E-state index in [4.69, 9.17) is 21.1 Å². The number of aryl methyl sites for hydroxylation is 1. The molecule has 2 aromatic rings. The fourth-order valence-electron chi connectivity index (χ4n) is 2.69. The highest BCUT2D eigenvalue weighted by atomic mass is 35.5. The van der Waals surface area contributed by atoms with Crippen molar-refractivity contribution in [1.29, 1.82) is 0 Å². The number of nitrogens with one attached hydrogen (secondary N) is 2. The second kappa shape index (κ2) is 10.1. The van der Waals surface area contributed by atoms with Crippen LogP contribution in [0.25, 0.3) is 0 Å². The van der Waals surface area contributed by atoms with Crippen LogP contribution < -0.4 is 20.3 Å². The lowest BCUT2D eigenvalue weighted by atomic mass is 10.3. The van der Waals surface area contributed by atoms with Gasteiger partial charge < -0.3 is 25.0 Å². The topological polar surface area (TPSA) is 88.6 Å². The van der Waals surface area contributed by atoms with E-state index >= 15 is 0 Å². The Labute approximate surface area is 169 Å². The highest BCUT2D eigenvalue weighted by molar-refractivity contribution is 6.30. The van der Waals surface area contributed by atoms with E-state index in [9.17, 15) is 4.79 Å². The molecule has 9 heteroatoms. The predicted molar refractivity (Wildman–Crippen MR) is 108 cm³/mol. The Bertz CT molecular complexity index is 782. The maximum atomic E-state index is 11.9. The largest absolute Gasteiger partial charge is 0.484 e. The normalized spacial score (nSPS) is 13.9. The van der Waals surface area contributed by atoms with Crippen LogP contribution in [0.5, 0.6) is 5.75 Å². The summed E-state index contributed by atoms with van der Waals surface area (Å²) >= 11 is 5.81. The third-order valence-corrected chi connectivity index (χ3v) is 4.34. The molecule has 0 saturated carbocycles. The van der Waals surface area contributed by atoms with Gasteiger partial charge in [0.25, 0.3) is 5.91 Å². The van der Waals surface area contributed by atoms with Gasteiger partial charge >= 0.3 is 0 Å². The van der Waals surface area contributed by atoms with Crippen LogP contribution in [-0.2, 0) is 9.53 Å². The zero-order valence-corrected chi connectivity index (χ0v) is 16.5. The molecular weight excluding hydrogens is 382 g/mol. The predicted octanol–water partition coefficient (Wildman–Crippen LogP) is 1.88. The van der Waals surface area contributed by atoms with Crippen LogP contribution in [0.4, 0.5) is 11.8 Å². The number of ether oxygens (including phenoxy) is 2. The molecule has 0 atom stereocenters. The molecule has 1 aliphatic heterocycles. The zero-order chi connectivity index (χ0) is 19.8. The van der Waals surface area contributed by atoms with Crippen molar-refractivity contribution in [2.45, 2.75) is 6.92 Å². The number of halogens is 1. The molecule has 8 nitrogen and oxygen atoms in total. The van der Waals surface area contributed by atoms with Gasteiger partial charge in [-0.3, -0.25) is 4.79 Å². The van der Waals surface area contributed by atoms with E-state index in [0.29, 0.717) is 43.0 Å². The molecule has 0 radical (unpaired) electrons.